The van der Waals surface area contributed by atoms with Gasteiger partial charge in [0.25, 0.3) is 11.8 Å². The Bertz CT molecular complexity index is 802. The molecule has 2 N–H and O–H groups in total. The lowest BCUT2D eigenvalue weighted by Gasteiger charge is -2.26. The van der Waals surface area contributed by atoms with Gasteiger partial charge in [0, 0.05) is 37.4 Å². The number of para-hydroxylation sites is 1. The smallest absolute Gasteiger partial charge is 0.259 e. The number of amides is 2. The molecule has 0 saturated carbocycles. The average molecular weight is 383 g/mol. The molecule has 0 spiro atoms. The molecule has 7 nitrogen and oxygen atoms in total. The molecule has 1 fully saturated rings. The molecule has 0 unspecified atom stereocenters. The van der Waals surface area contributed by atoms with Crippen molar-refractivity contribution in [3.05, 3.63) is 59.7 Å². The molecular formula is C21H25N3O4. The van der Waals surface area contributed by atoms with Gasteiger partial charge < -0.3 is 20.1 Å². The van der Waals surface area contributed by atoms with E-state index in [-0.39, 0.29) is 11.8 Å². The molecule has 1 heterocycles. The van der Waals surface area contributed by atoms with E-state index in [1.165, 1.54) is 7.11 Å². The van der Waals surface area contributed by atoms with Crippen molar-refractivity contribution in [2.24, 2.45) is 0 Å². The lowest BCUT2D eigenvalue weighted by Crippen LogP contribution is -2.41. The molecule has 2 aromatic rings. The first-order valence-corrected chi connectivity index (χ1v) is 9.30. The molecule has 1 aliphatic heterocycles. The monoisotopic (exact) mass is 383 g/mol. The summed E-state index contributed by atoms with van der Waals surface area (Å²) in [7, 11) is 1.53. The fourth-order valence-corrected chi connectivity index (χ4v) is 2.99. The van der Waals surface area contributed by atoms with Crippen molar-refractivity contribution in [2.45, 2.75) is 0 Å². The van der Waals surface area contributed by atoms with Crippen molar-refractivity contribution < 1.29 is 19.1 Å². The van der Waals surface area contributed by atoms with Gasteiger partial charge in [0.2, 0.25) is 0 Å². The van der Waals surface area contributed by atoms with E-state index in [0.29, 0.717) is 29.1 Å². The molecule has 0 aromatic heterocycles. The Hall–Kier alpha value is -2.90. The number of hydrogen-bond donors (Lipinski definition) is 2. The van der Waals surface area contributed by atoms with Gasteiger partial charge in [0.15, 0.2) is 0 Å². The zero-order valence-corrected chi connectivity index (χ0v) is 15.9. The van der Waals surface area contributed by atoms with E-state index in [4.69, 9.17) is 9.47 Å². The van der Waals surface area contributed by atoms with Crippen molar-refractivity contribution >= 4 is 17.5 Å². The second-order valence-electron chi connectivity index (χ2n) is 6.44. The second-order valence-corrected chi connectivity index (χ2v) is 6.44. The molecule has 1 saturated heterocycles. The van der Waals surface area contributed by atoms with Crippen molar-refractivity contribution in [3.8, 4) is 5.75 Å². The van der Waals surface area contributed by atoms with Crippen LogP contribution in [0.15, 0.2) is 48.5 Å². The van der Waals surface area contributed by atoms with Gasteiger partial charge in [-0.1, -0.05) is 12.1 Å². The van der Waals surface area contributed by atoms with E-state index in [9.17, 15) is 9.59 Å². The van der Waals surface area contributed by atoms with E-state index >= 15 is 0 Å². The van der Waals surface area contributed by atoms with Crippen LogP contribution in [0.2, 0.25) is 0 Å². The van der Waals surface area contributed by atoms with Crippen molar-refractivity contribution in [3.63, 3.8) is 0 Å². The van der Waals surface area contributed by atoms with Crippen LogP contribution in [0.5, 0.6) is 5.75 Å². The predicted molar refractivity (Wildman–Crippen MR) is 107 cm³/mol. The van der Waals surface area contributed by atoms with Gasteiger partial charge in [-0.15, -0.1) is 0 Å². The van der Waals surface area contributed by atoms with E-state index < -0.39 is 0 Å². The first kappa shape index (κ1) is 19.9. The third kappa shape index (κ3) is 5.31. The Morgan fingerprint density at radius 1 is 1.04 bits per heavy atom. The molecule has 2 amide bonds. The van der Waals surface area contributed by atoms with Crippen molar-refractivity contribution in [1.82, 2.24) is 10.2 Å². The van der Waals surface area contributed by atoms with Gasteiger partial charge in [0.1, 0.15) is 5.75 Å². The quantitative estimate of drug-likeness (QED) is 0.765. The topological polar surface area (TPSA) is 79.9 Å². The average Bonchev–Trinajstić information content (AvgIpc) is 2.75. The summed E-state index contributed by atoms with van der Waals surface area (Å²) in [6, 6.07) is 13.8. The first-order chi connectivity index (χ1) is 13.7. The van der Waals surface area contributed by atoms with E-state index in [2.05, 4.69) is 15.5 Å². The Morgan fingerprint density at radius 3 is 2.46 bits per heavy atom. The Morgan fingerprint density at radius 2 is 1.75 bits per heavy atom. The predicted octanol–water partition coefficient (Wildman–Crippen LogP) is 2.01. The van der Waals surface area contributed by atoms with Crippen LogP contribution in [0.25, 0.3) is 0 Å². The summed E-state index contributed by atoms with van der Waals surface area (Å²) >= 11 is 0. The van der Waals surface area contributed by atoms with Gasteiger partial charge in [0.05, 0.1) is 25.9 Å². The number of anilines is 1. The maximum Gasteiger partial charge on any atom is 0.259 e. The normalized spacial score (nSPS) is 14.3. The number of ether oxygens (including phenoxy) is 2. The maximum atomic E-state index is 12.4. The van der Waals surface area contributed by atoms with E-state index in [0.717, 1.165) is 32.8 Å². The number of rotatable bonds is 7. The van der Waals surface area contributed by atoms with Crippen LogP contribution in [-0.4, -0.2) is 63.2 Å². The minimum absolute atomic E-state index is 0.129. The van der Waals surface area contributed by atoms with Gasteiger partial charge in [-0.25, -0.2) is 0 Å². The number of carbonyl (C=O) groups is 2. The summed E-state index contributed by atoms with van der Waals surface area (Å²) in [5.74, 6) is 0.118. The maximum absolute atomic E-state index is 12.4. The van der Waals surface area contributed by atoms with Gasteiger partial charge in [-0.2, -0.15) is 0 Å². The fourth-order valence-electron chi connectivity index (χ4n) is 2.99. The third-order valence-corrected chi connectivity index (χ3v) is 4.57. The second kappa shape index (κ2) is 9.87. The van der Waals surface area contributed by atoms with Crippen molar-refractivity contribution in [1.29, 1.82) is 0 Å². The summed E-state index contributed by atoms with van der Waals surface area (Å²) in [6.45, 7) is 4.69. The fraction of sp³-hybridized carbons (Fsp3) is 0.333. The minimum atomic E-state index is -0.264. The summed E-state index contributed by atoms with van der Waals surface area (Å²) in [5.41, 5.74) is 1.62. The SMILES string of the molecule is COc1ccccc1C(=O)Nc1ccc(C(=O)NCCN2CCOCC2)cc1. The standard InChI is InChI=1S/C21H25N3O4/c1-27-19-5-3-2-4-18(19)21(26)23-17-8-6-16(7-9-17)20(25)22-10-11-24-12-14-28-15-13-24/h2-9H,10-15H2,1H3,(H,22,25)(H,23,26). The highest BCUT2D eigenvalue weighted by atomic mass is 16.5. The number of morpholine rings is 1. The van der Waals surface area contributed by atoms with Crippen LogP contribution in [0.3, 0.4) is 0 Å². The van der Waals surface area contributed by atoms with Crippen LogP contribution in [0, 0.1) is 0 Å². The number of carbonyl (C=O) groups excluding carboxylic acids is 2. The molecule has 28 heavy (non-hydrogen) atoms. The number of nitrogens with one attached hydrogen (secondary N) is 2. The molecule has 0 radical (unpaired) electrons. The zero-order valence-electron chi connectivity index (χ0n) is 15.9. The Kier molecular flexibility index (Phi) is 7.00. The molecule has 148 valence electrons. The third-order valence-electron chi connectivity index (χ3n) is 4.57. The van der Waals surface area contributed by atoms with Gasteiger partial charge >= 0.3 is 0 Å². The summed E-state index contributed by atoms with van der Waals surface area (Å²) in [5, 5.41) is 5.74. The Balaban J connectivity index is 1.51. The van der Waals surface area contributed by atoms with Crippen LogP contribution >= 0.6 is 0 Å². The summed E-state index contributed by atoms with van der Waals surface area (Å²) in [4.78, 5) is 27.0. The molecular weight excluding hydrogens is 358 g/mol. The molecule has 3 rings (SSSR count). The van der Waals surface area contributed by atoms with Crippen LogP contribution in [0.4, 0.5) is 5.69 Å². The molecule has 0 atom stereocenters. The lowest BCUT2D eigenvalue weighted by atomic mass is 10.1. The molecule has 1 aliphatic rings. The highest BCUT2D eigenvalue weighted by molar-refractivity contribution is 6.06. The zero-order chi connectivity index (χ0) is 19.8. The molecule has 0 aliphatic carbocycles. The van der Waals surface area contributed by atoms with Crippen molar-refractivity contribution in [2.75, 3.05) is 51.8 Å². The largest absolute Gasteiger partial charge is 0.496 e. The van der Waals surface area contributed by atoms with Crippen LogP contribution in [0.1, 0.15) is 20.7 Å². The molecule has 0 bridgehead atoms. The Labute approximate surface area is 164 Å². The summed E-state index contributed by atoms with van der Waals surface area (Å²) in [6.07, 6.45) is 0. The number of benzene rings is 2. The highest BCUT2D eigenvalue weighted by Crippen LogP contribution is 2.19. The van der Waals surface area contributed by atoms with Gasteiger partial charge in [-0.05, 0) is 36.4 Å². The lowest BCUT2D eigenvalue weighted by molar-refractivity contribution is 0.0383. The number of hydrogen-bond acceptors (Lipinski definition) is 5. The van der Waals surface area contributed by atoms with E-state index in [1.807, 2.05) is 6.07 Å². The first-order valence-electron chi connectivity index (χ1n) is 9.30. The minimum Gasteiger partial charge on any atom is -0.496 e. The molecule has 7 heteroatoms. The van der Waals surface area contributed by atoms with Crippen LogP contribution < -0.4 is 15.4 Å². The van der Waals surface area contributed by atoms with Gasteiger partial charge in [-0.3, -0.25) is 14.5 Å². The molecule has 2 aromatic carbocycles. The van der Waals surface area contributed by atoms with Crippen LogP contribution in [-0.2, 0) is 4.74 Å². The number of methoxy groups -OCH3 is 1. The van der Waals surface area contributed by atoms with E-state index in [1.54, 1.807) is 42.5 Å². The number of nitrogens with zero attached hydrogens (tertiary/aromatic N) is 1. The highest BCUT2D eigenvalue weighted by Gasteiger charge is 2.13. The summed E-state index contributed by atoms with van der Waals surface area (Å²) < 4.78 is 10.5.